The van der Waals surface area contributed by atoms with Gasteiger partial charge in [0.05, 0.1) is 12.0 Å². The molecule has 2 aliphatic rings. The lowest BCUT2D eigenvalue weighted by Gasteiger charge is -2.39. The molecular weight excluding hydrogens is 316 g/mol. The largest absolute Gasteiger partial charge is 0.462 e. The van der Waals surface area contributed by atoms with Crippen LogP contribution in [-0.4, -0.2) is 29.0 Å². The number of likely N-dealkylation sites (tertiary alicyclic amines) is 1. The van der Waals surface area contributed by atoms with E-state index >= 15 is 0 Å². The summed E-state index contributed by atoms with van der Waals surface area (Å²) < 4.78 is 5.59. The SMILES string of the molecule is O=C1NCc2ccccc2CC12CCN(Cc1ccc(CO)o1)CC2. The molecule has 0 bridgehead atoms. The normalized spacial score (nSPS) is 20.1. The zero-order chi connectivity index (χ0) is 17.3. The number of hydrogen-bond donors (Lipinski definition) is 2. The fraction of sp³-hybridized carbons (Fsp3) is 0.450. The Bertz CT molecular complexity index is 760. The first kappa shape index (κ1) is 16.4. The fourth-order valence-electron chi connectivity index (χ4n) is 4.07. The number of carbonyl (C=O) groups excluding carboxylic acids is 1. The summed E-state index contributed by atoms with van der Waals surface area (Å²) in [6.45, 7) is 3.06. The fourth-order valence-corrected chi connectivity index (χ4v) is 4.07. The van der Waals surface area contributed by atoms with E-state index in [9.17, 15) is 4.79 Å². The summed E-state index contributed by atoms with van der Waals surface area (Å²) >= 11 is 0. The van der Waals surface area contributed by atoms with E-state index in [1.807, 2.05) is 18.2 Å². The van der Waals surface area contributed by atoms with Crippen molar-refractivity contribution in [2.45, 2.75) is 39.0 Å². The maximum absolute atomic E-state index is 12.8. The van der Waals surface area contributed by atoms with Crippen LogP contribution in [0.5, 0.6) is 0 Å². The van der Waals surface area contributed by atoms with Crippen LogP contribution in [0.3, 0.4) is 0 Å². The topological polar surface area (TPSA) is 65.7 Å². The van der Waals surface area contributed by atoms with Crippen LogP contribution in [0.4, 0.5) is 0 Å². The first-order valence-corrected chi connectivity index (χ1v) is 8.94. The molecule has 2 N–H and O–H groups in total. The minimum Gasteiger partial charge on any atom is -0.462 e. The average Bonchev–Trinajstić information content (AvgIpc) is 3.04. The molecule has 132 valence electrons. The Labute approximate surface area is 147 Å². The van der Waals surface area contributed by atoms with Gasteiger partial charge in [0.25, 0.3) is 0 Å². The maximum atomic E-state index is 12.8. The summed E-state index contributed by atoms with van der Waals surface area (Å²) in [4.78, 5) is 15.1. The van der Waals surface area contributed by atoms with Crippen LogP contribution in [0.2, 0.25) is 0 Å². The molecule has 1 aromatic heterocycles. The third-order valence-corrected chi connectivity index (χ3v) is 5.63. The number of nitrogens with zero attached hydrogens (tertiary/aromatic N) is 1. The second-order valence-electron chi connectivity index (χ2n) is 7.21. The van der Waals surface area contributed by atoms with Crippen molar-refractivity contribution >= 4 is 5.91 Å². The standard InChI is InChI=1S/C20H24N2O3/c23-14-18-6-5-17(25-18)13-22-9-7-20(8-10-22)11-15-3-1-2-4-16(15)12-21-19(20)24/h1-6,23H,7-14H2,(H,21,24). The van der Waals surface area contributed by atoms with Gasteiger partial charge >= 0.3 is 0 Å². The zero-order valence-corrected chi connectivity index (χ0v) is 14.3. The molecule has 25 heavy (non-hydrogen) atoms. The quantitative estimate of drug-likeness (QED) is 0.899. The Balaban J connectivity index is 1.45. The summed E-state index contributed by atoms with van der Waals surface area (Å²) in [5, 5.41) is 12.2. The third-order valence-electron chi connectivity index (χ3n) is 5.63. The van der Waals surface area contributed by atoms with Crippen molar-refractivity contribution in [3.8, 4) is 0 Å². The number of nitrogens with one attached hydrogen (secondary N) is 1. The molecule has 5 heteroatoms. The van der Waals surface area contributed by atoms with Crippen LogP contribution in [-0.2, 0) is 30.9 Å². The van der Waals surface area contributed by atoms with Crippen LogP contribution < -0.4 is 5.32 Å². The highest BCUT2D eigenvalue weighted by Gasteiger charge is 2.42. The molecule has 1 amide bonds. The lowest BCUT2D eigenvalue weighted by atomic mass is 9.73. The van der Waals surface area contributed by atoms with Crippen molar-refractivity contribution in [2.24, 2.45) is 5.41 Å². The predicted molar refractivity (Wildman–Crippen MR) is 93.6 cm³/mol. The summed E-state index contributed by atoms with van der Waals surface area (Å²) in [6, 6.07) is 12.1. The van der Waals surface area contributed by atoms with E-state index in [1.165, 1.54) is 11.1 Å². The van der Waals surface area contributed by atoms with E-state index in [0.717, 1.165) is 44.7 Å². The molecule has 0 unspecified atom stereocenters. The zero-order valence-electron chi connectivity index (χ0n) is 14.3. The predicted octanol–water partition coefficient (Wildman–Crippen LogP) is 2.23. The highest BCUT2D eigenvalue weighted by atomic mass is 16.4. The van der Waals surface area contributed by atoms with Gasteiger partial charge < -0.3 is 14.8 Å². The third kappa shape index (κ3) is 3.22. The van der Waals surface area contributed by atoms with Crippen LogP contribution in [0.25, 0.3) is 0 Å². The van der Waals surface area contributed by atoms with E-state index in [-0.39, 0.29) is 17.9 Å². The van der Waals surface area contributed by atoms with Gasteiger partial charge in [-0.15, -0.1) is 0 Å². The van der Waals surface area contributed by atoms with Crippen LogP contribution in [0.1, 0.15) is 35.5 Å². The Morgan fingerprint density at radius 1 is 1.08 bits per heavy atom. The minimum absolute atomic E-state index is 0.0668. The number of piperidine rings is 1. The number of aliphatic hydroxyl groups excluding tert-OH is 1. The van der Waals surface area contributed by atoms with Crippen molar-refractivity contribution in [1.82, 2.24) is 10.2 Å². The second-order valence-corrected chi connectivity index (χ2v) is 7.21. The summed E-state index contributed by atoms with van der Waals surface area (Å²) in [7, 11) is 0. The molecule has 0 aliphatic carbocycles. The molecule has 1 saturated heterocycles. The molecule has 4 rings (SSSR count). The van der Waals surface area contributed by atoms with Crippen molar-refractivity contribution in [3.05, 3.63) is 59.0 Å². The van der Waals surface area contributed by atoms with Gasteiger partial charge in [0.15, 0.2) is 0 Å². The van der Waals surface area contributed by atoms with E-state index in [0.29, 0.717) is 12.3 Å². The molecule has 1 aromatic carbocycles. The van der Waals surface area contributed by atoms with E-state index < -0.39 is 0 Å². The number of benzene rings is 1. The Hall–Kier alpha value is -2.11. The lowest BCUT2D eigenvalue weighted by Crippen LogP contribution is -2.48. The molecule has 0 atom stereocenters. The molecule has 2 aromatic rings. The minimum atomic E-state index is -0.289. The molecule has 5 nitrogen and oxygen atoms in total. The first-order valence-electron chi connectivity index (χ1n) is 8.94. The Morgan fingerprint density at radius 3 is 2.52 bits per heavy atom. The van der Waals surface area contributed by atoms with E-state index in [4.69, 9.17) is 9.52 Å². The lowest BCUT2D eigenvalue weighted by molar-refractivity contribution is -0.133. The van der Waals surface area contributed by atoms with Crippen LogP contribution in [0, 0.1) is 5.41 Å². The van der Waals surface area contributed by atoms with Crippen LogP contribution >= 0.6 is 0 Å². The van der Waals surface area contributed by atoms with Gasteiger partial charge in [-0.25, -0.2) is 0 Å². The van der Waals surface area contributed by atoms with E-state index in [1.54, 1.807) is 0 Å². The molecule has 1 spiro atoms. The Kier molecular flexibility index (Phi) is 4.36. The van der Waals surface area contributed by atoms with Gasteiger partial charge in [0.2, 0.25) is 5.91 Å². The van der Waals surface area contributed by atoms with E-state index in [2.05, 4.69) is 28.4 Å². The van der Waals surface area contributed by atoms with Gasteiger partial charge in [-0.1, -0.05) is 24.3 Å². The molecule has 0 radical (unpaired) electrons. The molecule has 2 aliphatic heterocycles. The number of aliphatic hydroxyl groups is 1. The van der Waals surface area contributed by atoms with Gasteiger partial charge in [-0.3, -0.25) is 9.69 Å². The number of fused-ring (bicyclic) bond motifs is 1. The van der Waals surface area contributed by atoms with Gasteiger partial charge in [-0.2, -0.15) is 0 Å². The monoisotopic (exact) mass is 340 g/mol. The number of rotatable bonds is 3. The molecule has 3 heterocycles. The van der Waals surface area contributed by atoms with Gasteiger partial charge in [-0.05, 0) is 55.6 Å². The molecule has 0 saturated carbocycles. The number of carbonyl (C=O) groups is 1. The molecule has 1 fully saturated rings. The van der Waals surface area contributed by atoms with Crippen molar-refractivity contribution < 1.29 is 14.3 Å². The maximum Gasteiger partial charge on any atom is 0.226 e. The summed E-state index contributed by atoms with van der Waals surface area (Å²) in [5.41, 5.74) is 2.25. The number of hydrogen-bond acceptors (Lipinski definition) is 4. The Morgan fingerprint density at radius 2 is 1.80 bits per heavy atom. The average molecular weight is 340 g/mol. The smallest absolute Gasteiger partial charge is 0.226 e. The number of furan rings is 1. The highest BCUT2D eigenvalue weighted by molar-refractivity contribution is 5.83. The second kappa shape index (κ2) is 6.65. The van der Waals surface area contributed by atoms with Gasteiger partial charge in [0, 0.05) is 6.54 Å². The van der Waals surface area contributed by atoms with Crippen LogP contribution in [0.15, 0.2) is 40.8 Å². The van der Waals surface area contributed by atoms with Crippen molar-refractivity contribution in [3.63, 3.8) is 0 Å². The first-order chi connectivity index (χ1) is 12.2. The van der Waals surface area contributed by atoms with Crippen molar-refractivity contribution in [2.75, 3.05) is 13.1 Å². The summed E-state index contributed by atoms with van der Waals surface area (Å²) in [6.07, 6.45) is 2.56. The summed E-state index contributed by atoms with van der Waals surface area (Å²) in [5.74, 6) is 1.67. The molecular formula is C20H24N2O3. The van der Waals surface area contributed by atoms with Crippen molar-refractivity contribution in [1.29, 1.82) is 0 Å². The highest BCUT2D eigenvalue weighted by Crippen LogP contribution is 2.38. The van der Waals surface area contributed by atoms with Gasteiger partial charge in [0.1, 0.15) is 18.1 Å². The number of amides is 1.